The second-order valence-electron chi connectivity index (χ2n) is 6.59. The summed E-state index contributed by atoms with van der Waals surface area (Å²) < 4.78 is 3.85. The molecule has 0 radical (unpaired) electrons. The van der Waals surface area contributed by atoms with Crippen LogP contribution in [0.2, 0.25) is 0 Å². The largest absolute Gasteiger partial charge is 0.357 e. The first kappa shape index (κ1) is 19.6. The lowest BCUT2D eigenvalue weighted by Crippen LogP contribution is -2.40. The highest BCUT2D eigenvalue weighted by atomic mass is 127. The van der Waals surface area contributed by atoms with Gasteiger partial charge in [-0.25, -0.2) is 4.99 Å². The van der Waals surface area contributed by atoms with E-state index in [-0.39, 0.29) is 24.0 Å². The summed E-state index contributed by atoms with van der Waals surface area (Å²) in [5.74, 6) is 2.28. The van der Waals surface area contributed by atoms with E-state index in [1.165, 1.54) is 5.56 Å². The summed E-state index contributed by atoms with van der Waals surface area (Å²) in [4.78, 5) is 7.13. The fourth-order valence-electron chi connectivity index (χ4n) is 3.45. The van der Waals surface area contributed by atoms with E-state index in [2.05, 4.69) is 38.6 Å². The quantitative estimate of drug-likeness (QED) is 0.352. The molecule has 144 valence electrons. The first-order valence-electron chi connectivity index (χ1n) is 9.05. The molecule has 9 heteroatoms. The van der Waals surface area contributed by atoms with E-state index >= 15 is 0 Å². The standard InChI is InChI=1S/C18H24N8.HI/c1-3-19-18(20-11-17-23-22-16-6-4-5-8-26(16)17)25-9-7-14(13-25)15-10-21-24(2)12-15;/h4-6,8,10,12,14H,3,7,9,11,13H2,1-2H3,(H,19,20);1H. The molecule has 4 rings (SSSR count). The minimum absolute atomic E-state index is 0. The Morgan fingerprint density at radius 1 is 1.33 bits per heavy atom. The second-order valence-corrected chi connectivity index (χ2v) is 6.59. The van der Waals surface area contributed by atoms with Crippen molar-refractivity contribution >= 4 is 35.6 Å². The molecule has 1 saturated heterocycles. The van der Waals surface area contributed by atoms with Crippen LogP contribution in [0, 0.1) is 0 Å². The van der Waals surface area contributed by atoms with Crippen LogP contribution in [-0.2, 0) is 13.6 Å². The van der Waals surface area contributed by atoms with Gasteiger partial charge < -0.3 is 10.2 Å². The zero-order chi connectivity index (χ0) is 17.9. The van der Waals surface area contributed by atoms with Gasteiger partial charge in [-0.15, -0.1) is 34.2 Å². The highest BCUT2D eigenvalue weighted by molar-refractivity contribution is 14.0. The van der Waals surface area contributed by atoms with E-state index in [9.17, 15) is 0 Å². The minimum atomic E-state index is 0. The molecule has 0 aromatic carbocycles. The Labute approximate surface area is 175 Å². The maximum absolute atomic E-state index is 4.81. The lowest BCUT2D eigenvalue weighted by atomic mass is 10.0. The molecular weight excluding hydrogens is 455 g/mol. The number of pyridine rings is 1. The van der Waals surface area contributed by atoms with Gasteiger partial charge in [0.05, 0.1) is 6.20 Å². The van der Waals surface area contributed by atoms with Crippen LogP contribution >= 0.6 is 24.0 Å². The van der Waals surface area contributed by atoms with Crippen LogP contribution in [0.25, 0.3) is 5.65 Å². The number of fused-ring (bicyclic) bond motifs is 1. The summed E-state index contributed by atoms with van der Waals surface area (Å²) in [6, 6.07) is 5.89. The Kier molecular flexibility index (Phi) is 6.30. The number of rotatable bonds is 4. The third-order valence-electron chi connectivity index (χ3n) is 4.77. The molecule has 1 N–H and O–H groups in total. The summed E-state index contributed by atoms with van der Waals surface area (Å²) in [5.41, 5.74) is 2.15. The maximum Gasteiger partial charge on any atom is 0.194 e. The molecule has 4 heterocycles. The van der Waals surface area contributed by atoms with Crippen LogP contribution in [0.3, 0.4) is 0 Å². The number of hydrogen-bond donors (Lipinski definition) is 1. The molecule has 0 spiro atoms. The van der Waals surface area contributed by atoms with E-state index in [0.29, 0.717) is 12.5 Å². The molecule has 3 aromatic heterocycles. The Hall–Kier alpha value is -2.17. The number of nitrogens with zero attached hydrogens (tertiary/aromatic N) is 7. The zero-order valence-corrected chi connectivity index (χ0v) is 17.9. The summed E-state index contributed by atoms with van der Waals surface area (Å²) in [7, 11) is 1.96. The topological polar surface area (TPSA) is 75.6 Å². The summed E-state index contributed by atoms with van der Waals surface area (Å²) in [6.07, 6.45) is 7.17. The number of nitrogens with one attached hydrogen (secondary N) is 1. The number of aromatic nitrogens is 5. The summed E-state index contributed by atoms with van der Waals surface area (Å²) >= 11 is 0. The van der Waals surface area contributed by atoms with Gasteiger partial charge in [-0.3, -0.25) is 9.08 Å². The monoisotopic (exact) mass is 480 g/mol. The van der Waals surface area contributed by atoms with Crippen LogP contribution < -0.4 is 5.32 Å². The van der Waals surface area contributed by atoms with E-state index in [1.54, 1.807) is 0 Å². The van der Waals surface area contributed by atoms with Crippen LogP contribution in [0.15, 0.2) is 41.8 Å². The molecule has 0 saturated carbocycles. The third kappa shape index (κ3) is 4.23. The van der Waals surface area contributed by atoms with Crippen LogP contribution in [0.1, 0.15) is 30.7 Å². The van der Waals surface area contributed by atoms with Crippen molar-refractivity contribution in [2.75, 3.05) is 19.6 Å². The summed E-state index contributed by atoms with van der Waals surface area (Å²) in [6.45, 7) is 5.38. The van der Waals surface area contributed by atoms with Crippen molar-refractivity contribution in [1.29, 1.82) is 0 Å². The number of hydrogen-bond acceptors (Lipinski definition) is 4. The first-order chi connectivity index (χ1) is 12.7. The lowest BCUT2D eigenvalue weighted by Gasteiger charge is -2.21. The molecule has 1 aliphatic heterocycles. The second kappa shape index (κ2) is 8.68. The molecule has 0 bridgehead atoms. The van der Waals surface area contributed by atoms with Crippen molar-refractivity contribution in [1.82, 2.24) is 34.6 Å². The molecule has 1 atom stereocenters. The molecule has 1 aliphatic rings. The molecular formula is C18H25IN8. The molecule has 27 heavy (non-hydrogen) atoms. The number of likely N-dealkylation sites (tertiary alicyclic amines) is 1. The van der Waals surface area contributed by atoms with Gasteiger partial charge in [0, 0.05) is 45.0 Å². The SMILES string of the molecule is CCNC(=NCc1nnc2ccccn12)N1CCC(c2cnn(C)c2)C1.I. The highest BCUT2D eigenvalue weighted by Gasteiger charge is 2.27. The Balaban J connectivity index is 0.00000210. The molecule has 1 unspecified atom stereocenters. The fraction of sp³-hybridized carbons (Fsp3) is 0.444. The van der Waals surface area contributed by atoms with E-state index in [4.69, 9.17) is 4.99 Å². The molecule has 0 aliphatic carbocycles. The zero-order valence-electron chi connectivity index (χ0n) is 15.6. The van der Waals surface area contributed by atoms with Gasteiger partial charge in [0.15, 0.2) is 17.4 Å². The first-order valence-corrected chi connectivity index (χ1v) is 9.05. The number of aryl methyl sites for hydroxylation is 1. The van der Waals surface area contributed by atoms with Gasteiger partial charge in [0.25, 0.3) is 0 Å². The van der Waals surface area contributed by atoms with Gasteiger partial charge in [0.2, 0.25) is 0 Å². The van der Waals surface area contributed by atoms with Gasteiger partial charge in [-0.2, -0.15) is 5.10 Å². The predicted molar refractivity (Wildman–Crippen MR) is 115 cm³/mol. The number of guanidine groups is 1. The van der Waals surface area contributed by atoms with Crippen molar-refractivity contribution in [3.8, 4) is 0 Å². The van der Waals surface area contributed by atoms with E-state index in [0.717, 1.165) is 43.5 Å². The van der Waals surface area contributed by atoms with Gasteiger partial charge in [-0.1, -0.05) is 6.07 Å². The minimum Gasteiger partial charge on any atom is -0.357 e. The molecule has 0 amide bonds. The predicted octanol–water partition coefficient (Wildman–Crippen LogP) is 2.04. The van der Waals surface area contributed by atoms with Gasteiger partial charge >= 0.3 is 0 Å². The van der Waals surface area contributed by atoms with Gasteiger partial charge in [-0.05, 0) is 31.0 Å². The maximum atomic E-state index is 4.81. The van der Waals surface area contributed by atoms with E-state index < -0.39 is 0 Å². The van der Waals surface area contributed by atoms with Crippen LogP contribution in [0.5, 0.6) is 0 Å². The number of aliphatic imine (C=N–C) groups is 1. The molecule has 8 nitrogen and oxygen atoms in total. The van der Waals surface area contributed by atoms with Crippen molar-refractivity contribution in [2.45, 2.75) is 25.8 Å². The van der Waals surface area contributed by atoms with Crippen LogP contribution in [-0.4, -0.2) is 54.9 Å². The molecule has 3 aromatic rings. The fourth-order valence-corrected chi connectivity index (χ4v) is 3.45. The van der Waals surface area contributed by atoms with Crippen molar-refractivity contribution in [3.63, 3.8) is 0 Å². The number of halogens is 1. The van der Waals surface area contributed by atoms with Crippen molar-refractivity contribution in [2.24, 2.45) is 12.0 Å². The highest BCUT2D eigenvalue weighted by Crippen LogP contribution is 2.26. The van der Waals surface area contributed by atoms with Crippen molar-refractivity contribution < 1.29 is 0 Å². The van der Waals surface area contributed by atoms with Crippen molar-refractivity contribution in [3.05, 3.63) is 48.2 Å². The normalized spacial score (nSPS) is 17.3. The average molecular weight is 480 g/mol. The van der Waals surface area contributed by atoms with Crippen LogP contribution in [0.4, 0.5) is 0 Å². The third-order valence-corrected chi connectivity index (χ3v) is 4.77. The lowest BCUT2D eigenvalue weighted by molar-refractivity contribution is 0.485. The Morgan fingerprint density at radius 3 is 3.00 bits per heavy atom. The van der Waals surface area contributed by atoms with E-state index in [1.807, 2.05) is 46.7 Å². The van der Waals surface area contributed by atoms with Gasteiger partial charge in [0.1, 0.15) is 6.54 Å². The average Bonchev–Trinajstić information content (AvgIpc) is 3.38. The Bertz CT molecular complexity index is 915. The smallest absolute Gasteiger partial charge is 0.194 e. The molecule has 1 fully saturated rings. The summed E-state index contributed by atoms with van der Waals surface area (Å²) in [5, 5.41) is 16.2. The Morgan fingerprint density at radius 2 is 2.22 bits per heavy atom.